The SMILES string of the molecule is CC(=O)O[C@H]1[C@H](NC(=O)OCc2ccccc2)[C@@H](O)[C@H](OC(C)=O)[C@@H](OC(C)=O)[C@@H]1NC(=O)OCc1ccccc1. The normalized spacial score (nSPS) is 23.3. The number of hydrogen-bond donors (Lipinski definition) is 3. The summed E-state index contributed by atoms with van der Waals surface area (Å²) in [5.74, 6) is -2.55. The number of esters is 3. The number of alkyl carbamates (subject to hydrolysis) is 2. The van der Waals surface area contributed by atoms with Crippen LogP contribution in [0.4, 0.5) is 9.59 Å². The van der Waals surface area contributed by atoms with Gasteiger partial charge in [-0.25, -0.2) is 9.59 Å². The number of ether oxygens (including phenoxy) is 5. The highest BCUT2D eigenvalue weighted by molar-refractivity contribution is 5.71. The van der Waals surface area contributed by atoms with E-state index in [1.54, 1.807) is 60.7 Å². The predicted octanol–water partition coefficient (Wildman–Crippen LogP) is 1.75. The summed E-state index contributed by atoms with van der Waals surface area (Å²) in [7, 11) is 0. The van der Waals surface area contributed by atoms with E-state index in [1.165, 1.54) is 0 Å². The third-order valence-electron chi connectivity index (χ3n) is 5.99. The fourth-order valence-electron chi connectivity index (χ4n) is 4.34. The first-order valence-electron chi connectivity index (χ1n) is 12.7. The smallest absolute Gasteiger partial charge is 0.407 e. The van der Waals surface area contributed by atoms with Crippen LogP contribution in [0.3, 0.4) is 0 Å². The van der Waals surface area contributed by atoms with Gasteiger partial charge in [0.15, 0.2) is 12.2 Å². The fraction of sp³-hybridized carbons (Fsp3) is 0.393. The number of rotatable bonds is 9. The minimum Gasteiger partial charge on any atom is -0.458 e. The summed E-state index contributed by atoms with van der Waals surface area (Å²) in [6.07, 6.45) is -8.44. The average Bonchev–Trinajstić information content (AvgIpc) is 2.93. The van der Waals surface area contributed by atoms with Crippen molar-refractivity contribution >= 4 is 30.1 Å². The van der Waals surface area contributed by atoms with Crippen molar-refractivity contribution in [3.05, 3.63) is 71.8 Å². The van der Waals surface area contributed by atoms with E-state index >= 15 is 0 Å². The summed E-state index contributed by atoms with van der Waals surface area (Å²) in [6, 6.07) is 14.6. The van der Waals surface area contributed by atoms with Crippen molar-refractivity contribution in [3.63, 3.8) is 0 Å². The molecule has 13 nitrogen and oxygen atoms in total. The molecule has 0 saturated heterocycles. The first-order chi connectivity index (χ1) is 19.5. The largest absolute Gasteiger partial charge is 0.458 e. The zero-order valence-electron chi connectivity index (χ0n) is 22.7. The lowest BCUT2D eigenvalue weighted by atomic mass is 9.80. The van der Waals surface area contributed by atoms with Gasteiger partial charge in [-0.1, -0.05) is 60.7 Å². The van der Waals surface area contributed by atoms with Crippen molar-refractivity contribution in [1.29, 1.82) is 0 Å². The summed E-state index contributed by atoms with van der Waals surface area (Å²) in [5, 5.41) is 16.1. The van der Waals surface area contributed by atoms with E-state index in [-0.39, 0.29) is 13.2 Å². The Labute approximate surface area is 236 Å². The molecule has 2 aromatic rings. The van der Waals surface area contributed by atoms with Crippen LogP contribution in [0.5, 0.6) is 0 Å². The van der Waals surface area contributed by atoms with Crippen LogP contribution in [0, 0.1) is 0 Å². The van der Waals surface area contributed by atoms with Crippen LogP contribution in [0.15, 0.2) is 60.7 Å². The molecular weight excluding hydrogens is 540 g/mol. The Morgan fingerprint density at radius 2 is 1.00 bits per heavy atom. The van der Waals surface area contributed by atoms with E-state index < -0.39 is 66.6 Å². The molecule has 3 N–H and O–H groups in total. The van der Waals surface area contributed by atoms with Crippen LogP contribution in [-0.4, -0.2) is 71.7 Å². The number of carbonyl (C=O) groups excluding carboxylic acids is 5. The average molecular weight is 573 g/mol. The van der Waals surface area contributed by atoms with Crippen LogP contribution < -0.4 is 10.6 Å². The van der Waals surface area contributed by atoms with E-state index in [1.807, 2.05) is 0 Å². The van der Waals surface area contributed by atoms with E-state index in [0.717, 1.165) is 20.8 Å². The van der Waals surface area contributed by atoms with Crippen molar-refractivity contribution < 1.29 is 52.8 Å². The number of aliphatic hydroxyl groups excluding tert-OH is 1. The van der Waals surface area contributed by atoms with Crippen molar-refractivity contribution in [1.82, 2.24) is 10.6 Å². The zero-order valence-corrected chi connectivity index (χ0v) is 22.7. The molecule has 1 aliphatic carbocycles. The Balaban J connectivity index is 1.89. The Hall–Kier alpha value is -4.65. The molecule has 220 valence electrons. The summed E-state index contributed by atoms with van der Waals surface area (Å²) in [5.41, 5.74) is 1.35. The van der Waals surface area contributed by atoms with Crippen LogP contribution in [-0.2, 0) is 51.3 Å². The molecule has 0 unspecified atom stereocenters. The lowest BCUT2D eigenvalue weighted by molar-refractivity contribution is -0.204. The third kappa shape index (κ3) is 9.21. The molecule has 0 heterocycles. The van der Waals surface area contributed by atoms with Gasteiger partial charge < -0.3 is 39.4 Å². The van der Waals surface area contributed by atoms with Crippen molar-refractivity contribution in [2.75, 3.05) is 0 Å². The summed E-state index contributed by atoms with van der Waals surface area (Å²) in [4.78, 5) is 61.7. The Bertz CT molecular complexity index is 1210. The first kappa shape index (κ1) is 30.9. The van der Waals surface area contributed by atoms with Gasteiger partial charge in [0.2, 0.25) is 0 Å². The number of nitrogens with one attached hydrogen (secondary N) is 2. The molecule has 13 heteroatoms. The number of hydrogen-bond acceptors (Lipinski definition) is 11. The molecule has 0 radical (unpaired) electrons. The minimum atomic E-state index is -1.77. The first-order valence-corrected chi connectivity index (χ1v) is 12.7. The molecule has 1 aliphatic rings. The highest BCUT2D eigenvalue weighted by Crippen LogP contribution is 2.29. The van der Waals surface area contributed by atoms with Crippen LogP contribution in [0.25, 0.3) is 0 Å². The molecule has 0 aromatic heterocycles. The predicted molar refractivity (Wildman–Crippen MR) is 140 cm³/mol. The van der Waals surface area contributed by atoms with Crippen LogP contribution in [0.2, 0.25) is 0 Å². The molecule has 3 rings (SSSR count). The van der Waals surface area contributed by atoms with Crippen LogP contribution in [0.1, 0.15) is 31.9 Å². The second-order valence-corrected chi connectivity index (χ2v) is 9.18. The number of carbonyl (C=O) groups is 5. The fourth-order valence-corrected chi connectivity index (χ4v) is 4.34. The summed E-state index contributed by atoms with van der Waals surface area (Å²) in [6.45, 7) is 2.95. The third-order valence-corrected chi connectivity index (χ3v) is 5.99. The summed E-state index contributed by atoms with van der Waals surface area (Å²) >= 11 is 0. The van der Waals surface area contributed by atoms with Crippen molar-refractivity contribution in [2.45, 2.75) is 70.5 Å². The number of benzene rings is 2. The Morgan fingerprint density at radius 1 is 0.610 bits per heavy atom. The van der Waals surface area contributed by atoms with Crippen LogP contribution >= 0.6 is 0 Å². The number of aliphatic hydroxyl groups is 1. The molecule has 6 atom stereocenters. The molecule has 1 fully saturated rings. The van der Waals surface area contributed by atoms with Gasteiger partial charge in [-0.3, -0.25) is 14.4 Å². The van der Waals surface area contributed by atoms with E-state index in [0.29, 0.717) is 11.1 Å². The lowest BCUT2D eigenvalue weighted by Crippen LogP contribution is -2.73. The molecule has 0 bridgehead atoms. The molecule has 1 saturated carbocycles. The van der Waals surface area contributed by atoms with Gasteiger partial charge in [-0.2, -0.15) is 0 Å². The lowest BCUT2D eigenvalue weighted by Gasteiger charge is -2.47. The van der Waals surface area contributed by atoms with Gasteiger partial charge in [0.05, 0.1) is 0 Å². The van der Waals surface area contributed by atoms with Gasteiger partial charge >= 0.3 is 30.1 Å². The number of amides is 2. The maximum absolute atomic E-state index is 12.8. The molecule has 41 heavy (non-hydrogen) atoms. The van der Waals surface area contributed by atoms with Gasteiger partial charge in [0.1, 0.15) is 37.5 Å². The van der Waals surface area contributed by atoms with Crippen molar-refractivity contribution in [3.8, 4) is 0 Å². The maximum atomic E-state index is 12.8. The Morgan fingerprint density at radius 3 is 1.44 bits per heavy atom. The second-order valence-electron chi connectivity index (χ2n) is 9.18. The van der Waals surface area contributed by atoms with Gasteiger partial charge in [0.25, 0.3) is 0 Å². The second kappa shape index (κ2) is 14.7. The summed E-state index contributed by atoms with van der Waals surface area (Å²) < 4.78 is 26.5. The quantitative estimate of drug-likeness (QED) is 0.295. The van der Waals surface area contributed by atoms with Gasteiger partial charge in [0, 0.05) is 20.8 Å². The molecule has 0 aliphatic heterocycles. The molecule has 2 amide bonds. The highest BCUT2D eigenvalue weighted by atomic mass is 16.6. The monoisotopic (exact) mass is 572 g/mol. The minimum absolute atomic E-state index is 0.120. The van der Waals surface area contributed by atoms with Gasteiger partial charge in [-0.15, -0.1) is 0 Å². The van der Waals surface area contributed by atoms with E-state index in [2.05, 4.69) is 10.6 Å². The highest BCUT2D eigenvalue weighted by Gasteiger charge is 2.56. The zero-order chi connectivity index (χ0) is 29.9. The molecule has 2 aromatic carbocycles. The van der Waals surface area contributed by atoms with E-state index in [9.17, 15) is 29.1 Å². The maximum Gasteiger partial charge on any atom is 0.407 e. The topological polar surface area (TPSA) is 176 Å². The van der Waals surface area contributed by atoms with Crippen molar-refractivity contribution in [2.24, 2.45) is 0 Å². The van der Waals surface area contributed by atoms with E-state index in [4.69, 9.17) is 23.7 Å². The van der Waals surface area contributed by atoms with Gasteiger partial charge in [-0.05, 0) is 11.1 Å². The standard InChI is InChI=1S/C28H32N2O11/c1-16(31)39-24-21(29-27(35)37-14-19-10-6-4-7-11-19)23(34)26(41-18(3)33)25(40-17(2)32)22(24)30-28(36)38-15-20-12-8-5-9-13-20/h4-13,21-26,34H,14-15H2,1-3H3,(H,29,35)(H,30,36)/t21-,22-,23-,24+,25+,26+/m1/s1. The molecular formula is C28H32N2O11. The molecule has 0 spiro atoms. The Kier molecular flexibility index (Phi) is 11.0.